The molecule has 1 aromatic carbocycles. The second kappa shape index (κ2) is 10.2. The third kappa shape index (κ3) is 5.14. The van der Waals surface area contributed by atoms with Crippen LogP contribution in [0.15, 0.2) is 24.3 Å². The fourth-order valence-electron chi connectivity index (χ4n) is 4.85. The van der Waals surface area contributed by atoms with Crippen molar-refractivity contribution in [3.63, 3.8) is 0 Å². The standard InChI is InChI=1S/C25H34N4O3/c1-27-23-13-16-29(25(31)11-9-19-7-6-8-20(17-19)32-2)18-21(23)22(26-27)10-12-24(30)28-14-4-3-5-15-28/h6-8,17H,3-5,9-16,18H2,1-2H3. The van der Waals surface area contributed by atoms with Crippen LogP contribution >= 0.6 is 0 Å². The van der Waals surface area contributed by atoms with Crippen molar-refractivity contribution in [1.82, 2.24) is 19.6 Å². The fraction of sp³-hybridized carbons (Fsp3) is 0.560. The summed E-state index contributed by atoms with van der Waals surface area (Å²) < 4.78 is 7.22. The Hall–Kier alpha value is -2.83. The molecule has 7 heteroatoms. The zero-order chi connectivity index (χ0) is 22.5. The first-order valence-corrected chi connectivity index (χ1v) is 11.8. The van der Waals surface area contributed by atoms with E-state index in [1.165, 1.54) is 12.1 Å². The smallest absolute Gasteiger partial charge is 0.223 e. The quantitative estimate of drug-likeness (QED) is 0.667. The Morgan fingerprint density at radius 2 is 1.75 bits per heavy atom. The number of methoxy groups -OCH3 is 1. The first-order chi connectivity index (χ1) is 15.5. The number of likely N-dealkylation sites (tertiary alicyclic amines) is 1. The van der Waals surface area contributed by atoms with Crippen LogP contribution in [-0.2, 0) is 42.4 Å². The van der Waals surface area contributed by atoms with Crippen molar-refractivity contribution in [2.45, 2.75) is 57.9 Å². The van der Waals surface area contributed by atoms with Crippen LogP contribution in [-0.4, -0.2) is 58.1 Å². The van der Waals surface area contributed by atoms with Crippen LogP contribution in [0.1, 0.15) is 54.6 Å². The van der Waals surface area contributed by atoms with E-state index in [1.807, 2.05) is 45.8 Å². The van der Waals surface area contributed by atoms with Gasteiger partial charge in [0, 0.05) is 70.2 Å². The number of carbonyl (C=O) groups is 2. The number of ether oxygens (including phenoxy) is 1. The van der Waals surface area contributed by atoms with Gasteiger partial charge in [0.15, 0.2) is 0 Å². The van der Waals surface area contributed by atoms with Crippen LogP contribution < -0.4 is 4.74 Å². The molecule has 3 heterocycles. The van der Waals surface area contributed by atoms with Gasteiger partial charge in [0.1, 0.15) is 5.75 Å². The van der Waals surface area contributed by atoms with E-state index in [0.717, 1.165) is 61.5 Å². The summed E-state index contributed by atoms with van der Waals surface area (Å²) in [7, 11) is 3.62. The lowest BCUT2D eigenvalue weighted by molar-refractivity contribution is -0.133. The molecule has 0 bridgehead atoms. The normalized spacial score (nSPS) is 16.1. The largest absolute Gasteiger partial charge is 0.497 e. The number of hydrogen-bond donors (Lipinski definition) is 0. The third-order valence-electron chi connectivity index (χ3n) is 6.72. The van der Waals surface area contributed by atoms with E-state index >= 15 is 0 Å². The predicted molar refractivity (Wildman–Crippen MR) is 122 cm³/mol. The Kier molecular flexibility index (Phi) is 7.12. The van der Waals surface area contributed by atoms with Crippen molar-refractivity contribution < 1.29 is 14.3 Å². The summed E-state index contributed by atoms with van der Waals surface area (Å²) >= 11 is 0. The van der Waals surface area contributed by atoms with Gasteiger partial charge in [-0.15, -0.1) is 0 Å². The van der Waals surface area contributed by atoms with E-state index in [2.05, 4.69) is 0 Å². The molecule has 1 aromatic heterocycles. The second-order valence-electron chi connectivity index (χ2n) is 8.85. The monoisotopic (exact) mass is 438 g/mol. The number of benzene rings is 1. The number of amides is 2. The van der Waals surface area contributed by atoms with Crippen molar-refractivity contribution in [1.29, 1.82) is 0 Å². The molecule has 4 rings (SSSR count). The fourth-order valence-corrected chi connectivity index (χ4v) is 4.85. The maximum Gasteiger partial charge on any atom is 0.223 e. The Balaban J connectivity index is 1.35. The SMILES string of the molecule is COc1cccc(CCC(=O)N2CCc3c(c(CCC(=O)N4CCCCC4)nn3C)C2)c1. The molecule has 2 aromatic rings. The zero-order valence-corrected chi connectivity index (χ0v) is 19.3. The zero-order valence-electron chi connectivity index (χ0n) is 19.3. The summed E-state index contributed by atoms with van der Waals surface area (Å²) in [5.74, 6) is 1.21. The summed E-state index contributed by atoms with van der Waals surface area (Å²) in [4.78, 5) is 29.5. The Labute approximate surface area is 190 Å². The van der Waals surface area contributed by atoms with Crippen LogP contribution in [0, 0.1) is 0 Å². The van der Waals surface area contributed by atoms with Crippen molar-refractivity contribution in [3.8, 4) is 5.75 Å². The topological polar surface area (TPSA) is 67.7 Å². The molecule has 0 N–H and O–H groups in total. The van der Waals surface area contributed by atoms with Crippen LogP contribution in [0.3, 0.4) is 0 Å². The van der Waals surface area contributed by atoms with Crippen LogP contribution in [0.25, 0.3) is 0 Å². The average molecular weight is 439 g/mol. The van der Waals surface area contributed by atoms with Gasteiger partial charge in [-0.2, -0.15) is 5.10 Å². The van der Waals surface area contributed by atoms with Gasteiger partial charge in [0.25, 0.3) is 0 Å². The summed E-state index contributed by atoms with van der Waals surface area (Å²) in [6, 6.07) is 7.89. The van der Waals surface area contributed by atoms with Gasteiger partial charge in [-0.1, -0.05) is 12.1 Å². The van der Waals surface area contributed by atoms with Gasteiger partial charge in [-0.25, -0.2) is 0 Å². The summed E-state index contributed by atoms with van der Waals surface area (Å²) in [6.07, 6.45) is 6.56. The first-order valence-electron chi connectivity index (χ1n) is 11.8. The van der Waals surface area contributed by atoms with E-state index in [9.17, 15) is 9.59 Å². The number of aryl methyl sites for hydroxylation is 3. The summed E-state index contributed by atoms with van der Waals surface area (Å²) in [6.45, 7) is 3.08. The molecule has 1 fully saturated rings. The number of fused-ring (bicyclic) bond motifs is 1. The Morgan fingerprint density at radius 1 is 1.00 bits per heavy atom. The first kappa shape index (κ1) is 22.4. The molecular weight excluding hydrogens is 404 g/mol. The average Bonchev–Trinajstić information content (AvgIpc) is 3.16. The van der Waals surface area contributed by atoms with Gasteiger partial charge in [-0.3, -0.25) is 14.3 Å². The molecule has 2 amide bonds. The highest BCUT2D eigenvalue weighted by Crippen LogP contribution is 2.24. The molecule has 0 unspecified atom stereocenters. The van der Waals surface area contributed by atoms with Crippen molar-refractivity contribution >= 4 is 11.8 Å². The molecule has 32 heavy (non-hydrogen) atoms. The molecule has 2 aliphatic heterocycles. The highest BCUT2D eigenvalue weighted by atomic mass is 16.5. The number of rotatable bonds is 7. The molecule has 1 saturated heterocycles. The molecule has 7 nitrogen and oxygen atoms in total. The van der Waals surface area contributed by atoms with Gasteiger partial charge >= 0.3 is 0 Å². The highest BCUT2D eigenvalue weighted by molar-refractivity contribution is 5.77. The predicted octanol–water partition coefficient (Wildman–Crippen LogP) is 2.89. The third-order valence-corrected chi connectivity index (χ3v) is 6.72. The molecule has 0 spiro atoms. The lowest BCUT2D eigenvalue weighted by Crippen LogP contribution is -2.37. The maximum atomic E-state index is 12.9. The number of hydrogen-bond acceptors (Lipinski definition) is 4. The maximum absolute atomic E-state index is 12.9. The molecule has 172 valence electrons. The lowest BCUT2D eigenvalue weighted by Gasteiger charge is -2.28. The highest BCUT2D eigenvalue weighted by Gasteiger charge is 2.27. The van der Waals surface area contributed by atoms with Crippen molar-refractivity contribution in [3.05, 3.63) is 46.8 Å². The number of aromatic nitrogens is 2. The number of piperidine rings is 1. The second-order valence-corrected chi connectivity index (χ2v) is 8.85. The van der Waals surface area contributed by atoms with E-state index in [1.54, 1.807) is 7.11 Å². The van der Waals surface area contributed by atoms with E-state index < -0.39 is 0 Å². The van der Waals surface area contributed by atoms with Gasteiger partial charge in [0.05, 0.1) is 12.8 Å². The number of nitrogens with zero attached hydrogens (tertiary/aromatic N) is 4. The molecule has 0 saturated carbocycles. The molecule has 0 radical (unpaired) electrons. The minimum atomic E-state index is 0.165. The lowest BCUT2D eigenvalue weighted by atomic mass is 10.0. The van der Waals surface area contributed by atoms with Gasteiger partial charge in [0.2, 0.25) is 11.8 Å². The van der Waals surface area contributed by atoms with E-state index in [-0.39, 0.29) is 11.8 Å². The van der Waals surface area contributed by atoms with Gasteiger partial charge in [-0.05, 0) is 43.4 Å². The molecule has 0 atom stereocenters. The number of carbonyl (C=O) groups excluding carboxylic acids is 2. The minimum Gasteiger partial charge on any atom is -0.497 e. The van der Waals surface area contributed by atoms with E-state index in [0.29, 0.717) is 32.2 Å². The van der Waals surface area contributed by atoms with E-state index in [4.69, 9.17) is 9.84 Å². The van der Waals surface area contributed by atoms with Crippen molar-refractivity contribution in [2.24, 2.45) is 7.05 Å². The van der Waals surface area contributed by atoms with Crippen LogP contribution in [0.5, 0.6) is 5.75 Å². The van der Waals surface area contributed by atoms with Gasteiger partial charge < -0.3 is 14.5 Å². The van der Waals surface area contributed by atoms with Crippen LogP contribution in [0.2, 0.25) is 0 Å². The Morgan fingerprint density at radius 3 is 2.53 bits per heavy atom. The van der Waals surface area contributed by atoms with Crippen molar-refractivity contribution in [2.75, 3.05) is 26.7 Å². The summed E-state index contributed by atoms with van der Waals surface area (Å²) in [5.41, 5.74) is 4.41. The Bertz CT molecular complexity index is 962. The molecule has 0 aliphatic carbocycles. The molecule has 2 aliphatic rings. The minimum absolute atomic E-state index is 0.165. The van der Waals surface area contributed by atoms with Crippen LogP contribution in [0.4, 0.5) is 0 Å². The molecular formula is C25H34N4O3. The summed E-state index contributed by atoms with van der Waals surface area (Å²) in [5, 5.41) is 4.71.